The highest BCUT2D eigenvalue weighted by Gasteiger charge is 2.45. The first-order chi connectivity index (χ1) is 14.5. The minimum atomic E-state index is -0.938. The van der Waals surface area contributed by atoms with Crippen LogP contribution >= 0.6 is 0 Å². The van der Waals surface area contributed by atoms with E-state index in [4.69, 9.17) is 0 Å². The fraction of sp³-hybridized carbons (Fsp3) is 0.545. The van der Waals surface area contributed by atoms with Crippen LogP contribution in [0.1, 0.15) is 59.7 Å². The average molecular weight is 412 g/mol. The molecule has 3 aliphatic heterocycles. The summed E-state index contributed by atoms with van der Waals surface area (Å²) in [5.41, 5.74) is 1.27. The van der Waals surface area contributed by atoms with Gasteiger partial charge in [0.1, 0.15) is 6.04 Å². The molecule has 3 aliphatic rings. The van der Waals surface area contributed by atoms with E-state index >= 15 is 0 Å². The number of rotatable bonds is 6. The Kier molecular flexibility index (Phi) is 5.85. The highest BCUT2D eigenvalue weighted by atomic mass is 16.2. The monoisotopic (exact) mass is 412 g/mol. The van der Waals surface area contributed by atoms with Gasteiger partial charge in [-0.15, -0.1) is 0 Å². The van der Waals surface area contributed by atoms with Crippen molar-refractivity contribution in [1.29, 1.82) is 0 Å². The Morgan fingerprint density at radius 3 is 2.53 bits per heavy atom. The summed E-state index contributed by atoms with van der Waals surface area (Å²) in [6.07, 6.45) is 3.66. The molecule has 3 heterocycles. The van der Waals surface area contributed by atoms with Crippen LogP contribution < -0.4 is 10.6 Å². The lowest BCUT2D eigenvalue weighted by Crippen LogP contribution is -2.54. The second-order valence-corrected chi connectivity index (χ2v) is 8.27. The van der Waals surface area contributed by atoms with E-state index in [9.17, 15) is 19.2 Å². The molecule has 0 radical (unpaired) electrons. The number of hydrogen-bond donors (Lipinski definition) is 2. The molecule has 2 N–H and O–H groups in total. The van der Waals surface area contributed by atoms with E-state index < -0.39 is 23.8 Å². The number of imide groups is 2. The molecule has 2 fully saturated rings. The van der Waals surface area contributed by atoms with Gasteiger partial charge in [0, 0.05) is 18.7 Å². The third-order valence-electron chi connectivity index (χ3n) is 6.49. The fourth-order valence-corrected chi connectivity index (χ4v) is 4.66. The van der Waals surface area contributed by atoms with Crippen LogP contribution in [0.2, 0.25) is 0 Å². The maximum atomic E-state index is 13.1. The second-order valence-electron chi connectivity index (χ2n) is 8.27. The van der Waals surface area contributed by atoms with Crippen molar-refractivity contribution in [2.45, 2.75) is 45.1 Å². The topological polar surface area (TPSA) is 98.8 Å². The van der Waals surface area contributed by atoms with Gasteiger partial charge in [0.15, 0.2) is 0 Å². The molecule has 8 heteroatoms. The number of benzene rings is 1. The summed E-state index contributed by atoms with van der Waals surface area (Å²) in [4.78, 5) is 53.1. The Morgan fingerprint density at radius 1 is 1.07 bits per heavy atom. The van der Waals surface area contributed by atoms with Crippen molar-refractivity contribution in [3.05, 3.63) is 29.3 Å². The molecule has 0 bridgehead atoms. The van der Waals surface area contributed by atoms with Crippen LogP contribution in [0.15, 0.2) is 18.2 Å². The largest absolute Gasteiger partial charge is 0.384 e. The maximum Gasteiger partial charge on any atom is 0.264 e. The van der Waals surface area contributed by atoms with Crippen LogP contribution in [0, 0.1) is 5.92 Å². The van der Waals surface area contributed by atoms with Gasteiger partial charge < -0.3 is 10.2 Å². The number of likely N-dealkylation sites (tertiary alicyclic amines) is 1. The summed E-state index contributed by atoms with van der Waals surface area (Å²) in [5, 5.41) is 5.57. The van der Waals surface area contributed by atoms with Crippen LogP contribution in [-0.4, -0.2) is 65.6 Å². The highest BCUT2D eigenvalue weighted by Crippen LogP contribution is 2.32. The van der Waals surface area contributed by atoms with Crippen LogP contribution in [0.25, 0.3) is 0 Å². The smallest absolute Gasteiger partial charge is 0.264 e. The predicted molar refractivity (Wildman–Crippen MR) is 111 cm³/mol. The Morgan fingerprint density at radius 2 is 1.83 bits per heavy atom. The lowest BCUT2D eigenvalue weighted by Gasteiger charge is -2.31. The minimum absolute atomic E-state index is 0.117. The first-order valence-electron chi connectivity index (χ1n) is 10.8. The van der Waals surface area contributed by atoms with Gasteiger partial charge in [-0.25, -0.2) is 0 Å². The lowest BCUT2D eigenvalue weighted by atomic mass is 9.93. The quantitative estimate of drug-likeness (QED) is 0.689. The Hall–Kier alpha value is -2.74. The Bertz CT molecular complexity index is 876. The molecule has 2 saturated heterocycles. The second kappa shape index (κ2) is 8.55. The van der Waals surface area contributed by atoms with Gasteiger partial charge in [0.25, 0.3) is 11.8 Å². The zero-order valence-corrected chi connectivity index (χ0v) is 17.3. The molecule has 0 spiro atoms. The molecule has 1 aromatic carbocycles. The van der Waals surface area contributed by atoms with E-state index in [2.05, 4.69) is 22.5 Å². The summed E-state index contributed by atoms with van der Waals surface area (Å²) in [7, 11) is 0. The Balaban J connectivity index is 1.43. The van der Waals surface area contributed by atoms with E-state index in [1.54, 1.807) is 18.2 Å². The van der Waals surface area contributed by atoms with Gasteiger partial charge in [-0.2, -0.15) is 0 Å². The highest BCUT2D eigenvalue weighted by molar-refractivity contribution is 6.25. The molecule has 30 heavy (non-hydrogen) atoms. The van der Waals surface area contributed by atoms with Gasteiger partial charge in [-0.1, -0.05) is 13.0 Å². The first kappa shape index (κ1) is 20.5. The molecule has 1 atom stereocenters. The molecule has 1 aromatic rings. The number of amides is 4. The van der Waals surface area contributed by atoms with Crippen LogP contribution in [-0.2, 0) is 9.59 Å². The predicted octanol–water partition coefficient (Wildman–Crippen LogP) is 1.62. The van der Waals surface area contributed by atoms with Gasteiger partial charge in [-0.3, -0.25) is 29.4 Å². The molecule has 0 aliphatic carbocycles. The minimum Gasteiger partial charge on any atom is -0.384 e. The number of nitrogens with zero attached hydrogens (tertiary/aromatic N) is 2. The number of fused-ring (bicyclic) bond motifs is 1. The van der Waals surface area contributed by atoms with Crippen LogP contribution in [0.5, 0.6) is 0 Å². The van der Waals surface area contributed by atoms with Crippen molar-refractivity contribution in [3.8, 4) is 0 Å². The zero-order valence-electron chi connectivity index (χ0n) is 17.3. The summed E-state index contributed by atoms with van der Waals surface area (Å²) in [6.45, 7) is 6.29. The first-order valence-corrected chi connectivity index (χ1v) is 10.8. The van der Waals surface area contributed by atoms with Crippen molar-refractivity contribution in [3.63, 3.8) is 0 Å². The standard InChI is InChI=1S/C22H28N4O4/c1-2-25-12-9-14(10-13-25)8-11-23-16-5-3-4-15-19(16)22(30)26(21(15)29)17-6-7-18(27)24-20(17)28/h3-5,14,17,23H,2,6-13H2,1H3,(H,24,27,28). The van der Waals surface area contributed by atoms with Gasteiger partial charge in [-0.05, 0) is 63.4 Å². The van der Waals surface area contributed by atoms with Gasteiger partial charge >= 0.3 is 0 Å². The van der Waals surface area contributed by atoms with Crippen molar-refractivity contribution in [2.24, 2.45) is 5.92 Å². The molecule has 4 amide bonds. The fourth-order valence-electron chi connectivity index (χ4n) is 4.66. The van der Waals surface area contributed by atoms with E-state index in [1.807, 2.05) is 0 Å². The summed E-state index contributed by atoms with van der Waals surface area (Å²) in [5.74, 6) is -1.24. The van der Waals surface area contributed by atoms with Crippen molar-refractivity contribution in [2.75, 3.05) is 31.5 Å². The number of carbonyl (C=O) groups excluding carboxylic acids is 4. The van der Waals surface area contributed by atoms with E-state index in [-0.39, 0.29) is 18.7 Å². The number of carbonyl (C=O) groups is 4. The Labute approximate surface area is 176 Å². The molecular weight excluding hydrogens is 384 g/mol. The van der Waals surface area contributed by atoms with Crippen molar-refractivity contribution < 1.29 is 19.2 Å². The summed E-state index contributed by atoms with van der Waals surface area (Å²) in [6, 6.07) is 4.23. The van der Waals surface area contributed by atoms with Crippen molar-refractivity contribution in [1.82, 2.24) is 15.1 Å². The van der Waals surface area contributed by atoms with Crippen molar-refractivity contribution >= 4 is 29.3 Å². The molecule has 4 rings (SSSR count). The molecule has 160 valence electrons. The van der Waals surface area contributed by atoms with E-state index in [0.717, 1.165) is 37.5 Å². The van der Waals surface area contributed by atoms with Gasteiger partial charge in [0.05, 0.1) is 11.1 Å². The maximum absolute atomic E-state index is 13.1. The molecule has 8 nitrogen and oxygen atoms in total. The normalized spacial score (nSPS) is 23.0. The van der Waals surface area contributed by atoms with E-state index in [1.165, 1.54) is 12.8 Å². The lowest BCUT2D eigenvalue weighted by molar-refractivity contribution is -0.136. The summed E-state index contributed by atoms with van der Waals surface area (Å²) >= 11 is 0. The number of hydrogen-bond acceptors (Lipinski definition) is 6. The third-order valence-corrected chi connectivity index (χ3v) is 6.49. The molecular formula is C22H28N4O4. The van der Waals surface area contributed by atoms with Gasteiger partial charge in [0.2, 0.25) is 11.8 Å². The third kappa shape index (κ3) is 3.84. The average Bonchev–Trinajstić information content (AvgIpc) is 3.00. The summed E-state index contributed by atoms with van der Waals surface area (Å²) < 4.78 is 0. The molecule has 0 aromatic heterocycles. The zero-order chi connectivity index (χ0) is 21.3. The number of nitrogens with one attached hydrogen (secondary N) is 2. The molecule has 0 saturated carbocycles. The van der Waals surface area contributed by atoms with Crippen LogP contribution in [0.4, 0.5) is 5.69 Å². The number of piperidine rings is 2. The number of anilines is 1. The molecule has 1 unspecified atom stereocenters. The van der Waals surface area contributed by atoms with E-state index in [0.29, 0.717) is 22.7 Å². The SMILES string of the molecule is CCN1CCC(CCNc2cccc3c2C(=O)N(C2CCC(=O)NC2=O)C3=O)CC1. The van der Waals surface area contributed by atoms with Crippen LogP contribution in [0.3, 0.4) is 0 Å².